The van der Waals surface area contributed by atoms with Crippen LogP contribution in [0.3, 0.4) is 0 Å². The smallest absolute Gasteiger partial charge is 0.280 e. The van der Waals surface area contributed by atoms with Crippen molar-refractivity contribution in [1.29, 1.82) is 0 Å². The van der Waals surface area contributed by atoms with Gasteiger partial charge in [-0.2, -0.15) is 4.99 Å². The van der Waals surface area contributed by atoms with Gasteiger partial charge in [-0.3, -0.25) is 14.4 Å². The second kappa shape index (κ2) is 10.6. The summed E-state index contributed by atoms with van der Waals surface area (Å²) in [5.41, 5.74) is 1.97. The van der Waals surface area contributed by atoms with E-state index in [9.17, 15) is 18.8 Å². The molecule has 1 aliphatic rings. The monoisotopic (exact) mass is 481 g/mol. The van der Waals surface area contributed by atoms with Crippen molar-refractivity contribution in [3.63, 3.8) is 0 Å². The number of aromatic nitrogens is 3. The van der Waals surface area contributed by atoms with Crippen LogP contribution in [0, 0.1) is 11.7 Å². The number of hydrogen-bond acceptors (Lipinski definition) is 5. The lowest BCUT2D eigenvalue weighted by molar-refractivity contribution is -0.126. The number of pyridine rings is 1. The summed E-state index contributed by atoms with van der Waals surface area (Å²) in [5, 5.41) is 2.98. The van der Waals surface area contributed by atoms with Crippen LogP contribution in [0.1, 0.15) is 55.9 Å². The number of amides is 2. The molecular formula is C25H28FN5O4. The summed E-state index contributed by atoms with van der Waals surface area (Å²) in [5.74, 6) is -0.671. The third-order valence-corrected chi connectivity index (χ3v) is 6.05. The molecule has 0 bridgehead atoms. The molecule has 2 aromatic heterocycles. The van der Waals surface area contributed by atoms with E-state index in [-0.39, 0.29) is 42.0 Å². The first-order chi connectivity index (χ1) is 16.9. The summed E-state index contributed by atoms with van der Waals surface area (Å²) < 4.78 is 20.6. The second-order valence-electron chi connectivity index (χ2n) is 8.93. The number of halogens is 1. The standard InChI is InChI=1S/C25H28FN5O4/c1-15(2)28-23(33)17-5-9-19(10-6-17)31-21-13-22(35-12-11-32)27-14-20(21)29-25(31)30-24(34)16-3-7-18(26)8-4-16/h3-4,7-8,11,13-15,17,19H,5-6,9-10,12H2,1-2H3,(H,28,33)(H,29,30,34). The van der Waals surface area contributed by atoms with E-state index >= 15 is 0 Å². The SMILES string of the molecule is CC(C)NC(=O)C1CCC(n2/c(=N/C(=O)c3ccc(F)cc3)[nH]c3cnc(OCC=O)cc32)CC1. The Balaban J connectivity index is 1.70. The zero-order valence-electron chi connectivity index (χ0n) is 19.7. The number of carbonyl (C=O) groups is 3. The predicted molar refractivity (Wildman–Crippen MR) is 126 cm³/mol. The molecule has 10 heteroatoms. The Labute approximate surface area is 201 Å². The van der Waals surface area contributed by atoms with Gasteiger partial charge in [0.15, 0.2) is 6.29 Å². The van der Waals surface area contributed by atoms with Crippen molar-refractivity contribution in [2.75, 3.05) is 6.61 Å². The van der Waals surface area contributed by atoms with Crippen molar-refractivity contribution in [2.45, 2.75) is 51.6 Å². The summed E-state index contributed by atoms with van der Waals surface area (Å²) in [4.78, 5) is 47.7. The molecule has 4 rings (SSSR count). The van der Waals surface area contributed by atoms with Crippen molar-refractivity contribution in [2.24, 2.45) is 10.9 Å². The van der Waals surface area contributed by atoms with Crippen LogP contribution < -0.4 is 15.7 Å². The van der Waals surface area contributed by atoms with E-state index in [1.54, 1.807) is 12.3 Å². The van der Waals surface area contributed by atoms with E-state index in [0.29, 0.717) is 43.1 Å². The van der Waals surface area contributed by atoms with E-state index in [1.807, 2.05) is 18.4 Å². The molecular weight excluding hydrogens is 453 g/mol. The Morgan fingerprint density at radius 1 is 1.26 bits per heavy atom. The highest BCUT2D eigenvalue weighted by molar-refractivity contribution is 5.94. The van der Waals surface area contributed by atoms with Gasteiger partial charge in [0, 0.05) is 29.6 Å². The molecule has 2 heterocycles. The number of benzene rings is 1. The molecule has 184 valence electrons. The van der Waals surface area contributed by atoms with Crippen molar-refractivity contribution < 1.29 is 23.5 Å². The Morgan fingerprint density at radius 3 is 2.63 bits per heavy atom. The van der Waals surface area contributed by atoms with Crippen LogP contribution in [-0.4, -0.2) is 45.3 Å². The van der Waals surface area contributed by atoms with Crippen LogP contribution in [0.15, 0.2) is 41.5 Å². The summed E-state index contributed by atoms with van der Waals surface area (Å²) in [6.07, 6.45) is 5.04. The molecule has 2 N–H and O–H groups in total. The number of rotatable bonds is 7. The first kappa shape index (κ1) is 24.3. The molecule has 0 radical (unpaired) electrons. The number of imidazole rings is 1. The van der Waals surface area contributed by atoms with E-state index in [0.717, 1.165) is 5.52 Å². The average Bonchev–Trinajstić information content (AvgIpc) is 3.19. The number of aromatic amines is 1. The van der Waals surface area contributed by atoms with Gasteiger partial charge < -0.3 is 19.6 Å². The van der Waals surface area contributed by atoms with Gasteiger partial charge in [-0.05, 0) is 63.8 Å². The van der Waals surface area contributed by atoms with Gasteiger partial charge in [0.1, 0.15) is 12.4 Å². The minimum atomic E-state index is -0.513. The second-order valence-corrected chi connectivity index (χ2v) is 8.93. The summed E-state index contributed by atoms with van der Waals surface area (Å²) in [6, 6.07) is 6.97. The summed E-state index contributed by atoms with van der Waals surface area (Å²) in [7, 11) is 0. The van der Waals surface area contributed by atoms with Gasteiger partial charge >= 0.3 is 0 Å². The quantitative estimate of drug-likeness (QED) is 0.503. The number of aldehydes is 1. The molecule has 0 aliphatic heterocycles. The van der Waals surface area contributed by atoms with Crippen molar-refractivity contribution >= 4 is 29.1 Å². The van der Waals surface area contributed by atoms with Crippen LogP contribution >= 0.6 is 0 Å². The van der Waals surface area contributed by atoms with Gasteiger partial charge in [-0.15, -0.1) is 0 Å². The lowest BCUT2D eigenvalue weighted by Crippen LogP contribution is -2.38. The molecule has 0 unspecified atom stereocenters. The first-order valence-electron chi connectivity index (χ1n) is 11.7. The Hall–Kier alpha value is -3.82. The zero-order valence-corrected chi connectivity index (χ0v) is 19.7. The van der Waals surface area contributed by atoms with E-state index < -0.39 is 11.7 Å². The molecule has 0 saturated heterocycles. The molecule has 3 aromatic rings. The largest absolute Gasteiger partial charge is 0.470 e. The normalized spacial score (nSPS) is 18.6. The molecule has 1 saturated carbocycles. The van der Waals surface area contributed by atoms with Gasteiger partial charge in [-0.1, -0.05) is 0 Å². The number of H-pyrrole nitrogens is 1. The number of nitrogens with one attached hydrogen (secondary N) is 2. The fraction of sp³-hybridized carbons (Fsp3) is 0.400. The number of ether oxygens (including phenoxy) is 1. The van der Waals surface area contributed by atoms with Crippen molar-refractivity contribution in [1.82, 2.24) is 19.9 Å². The third kappa shape index (κ3) is 5.64. The van der Waals surface area contributed by atoms with Crippen LogP contribution in [0.5, 0.6) is 5.88 Å². The van der Waals surface area contributed by atoms with Crippen LogP contribution in [0.2, 0.25) is 0 Å². The maximum Gasteiger partial charge on any atom is 0.280 e. The maximum absolute atomic E-state index is 13.3. The third-order valence-electron chi connectivity index (χ3n) is 6.05. The van der Waals surface area contributed by atoms with Crippen LogP contribution in [-0.2, 0) is 9.59 Å². The molecule has 1 fully saturated rings. The van der Waals surface area contributed by atoms with Gasteiger partial charge in [0.05, 0.1) is 17.2 Å². The van der Waals surface area contributed by atoms with E-state index in [2.05, 4.69) is 20.3 Å². The fourth-order valence-corrected chi connectivity index (χ4v) is 4.42. The van der Waals surface area contributed by atoms with Crippen LogP contribution in [0.4, 0.5) is 4.39 Å². The van der Waals surface area contributed by atoms with Crippen LogP contribution in [0.25, 0.3) is 11.0 Å². The van der Waals surface area contributed by atoms with E-state index in [4.69, 9.17) is 4.74 Å². The summed E-state index contributed by atoms with van der Waals surface area (Å²) in [6.45, 7) is 3.75. The lowest BCUT2D eigenvalue weighted by atomic mass is 9.85. The molecule has 0 atom stereocenters. The molecule has 35 heavy (non-hydrogen) atoms. The highest BCUT2D eigenvalue weighted by Gasteiger charge is 2.29. The molecule has 1 aliphatic carbocycles. The molecule has 2 amide bonds. The minimum Gasteiger partial charge on any atom is -0.470 e. The maximum atomic E-state index is 13.3. The van der Waals surface area contributed by atoms with Gasteiger partial charge in [0.25, 0.3) is 5.91 Å². The van der Waals surface area contributed by atoms with Gasteiger partial charge in [0.2, 0.25) is 17.4 Å². The lowest BCUT2D eigenvalue weighted by Gasteiger charge is -2.29. The molecule has 1 aromatic carbocycles. The first-order valence-corrected chi connectivity index (χ1v) is 11.7. The predicted octanol–water partition coefficient (Wildman–Crippen LogP) is 3.08. The molecule has 9 nitrogen and oxygen atoms in total. The topological polar surface area (TPSA) is 118 Å². The van der Waals surface area contributed by atoms with Gasteiger partial charge in [-0.25, -0.2) is 9.37 Å². The highest BCUT2D eigenvalue weighted by Crippen LogP contribution is 2.33. The number of fused-ring (bicyclic) bond motifs is 1. The number of nitrogens with zero attached hydrogens (tertiary/aromatic N) is 3. The van der Waals surface area contributed by atoms with E-state index in [1.165, 1.54) is 24.3 Å². The summed E-state index contributed by atoms with van der Waals surface area (Å²) >= 11 is 0. The van der Waals surface area contributed by atoms with Crippen molar-refractivity contribution in [3.05, 3.63) is 53.5 Å². The minimum absolute atomic E-state index is 0.0204. The van der Waals surface area contributed by atoms with Crippen molar-refractivity contribution in [3.8, 4) is 5.88 Å². The Morgan fingerprint density at radius 2 is 1.97 bits per heavy atom. The Bertz CT molecular complexity index is 1290. The molecule has 0 spiro atoms. The highest BCUT2D eigenvalue weighted by atomic mass is 19.1. The number of carbonyl (C=O) groups excluding carboxylic acids is 3. The zero-order chi connectivity index (χ0) is 24.9. The average molecular weight is 482 g/mol. The fourth-order valence-electron chi connectivity index (χ4n) is 4.42. The Kier molecular flexibility index (Phi) is 7.38. The number of hydrogen-bond donors (Lipinski definition) is 2.